The molecule has 2 heterocycles. The molecule has 0 amide bonds. The Balaban J connectivity index is 2.09. The van der Waals surface area contributed by atoms with Crippen molar-refractivity contribution < 1.29 is 5.11 Å². The Hall–Kier alpha value is -1.16. The first-order chi connectivity index (χ1) is 6.79. The third kappa shape index (κ3) is 1.85. The SMILES string of the molecule is Cc1cnnc(N2CCC(CO)C2)c1. The molecule has 4 nitrogen and oxygen atoms in total. The Labute approximate surface area is 83.6 Å². The third-order valence-electron chi connectivity index (χ3n) is 2.65. The van der Waals surface area contributed by atoms with Crippen LogP contribution in [-0.2, 0) is 0 Å². The van der Waals surface area contributed by atoms with Crippen molar-refractivity contribution in [2.75, 3.05) is 24.6 Å². The fraction of sp³-hybridized carbons (Fsp3) is 0.600. The van der Waals surface area contributed by atoms with E-state index in [-0.39, 0.29) is 6.61 Å². The van der Waals surface area contributed by atoms with Crippen molar-refractivity contribution in [1.29, 1.82) is 0 Å². The summed E-state index contributed by atoms with van der Waals surface area (Å²) in [5.74, 6) is 1.33. The highest BCUT2D eigenvalue weighted by Crippen LogP contribution is 2.21. The van der Waals surface area contributed by atoms with Gasteiger partial charge in [0.1, 0.15) is 0 Å². The van der Waals surface area contributed by atoms with E-state index < -0.39 is 0 Å². The summed E-state index contributed by atoms with van der Waals surface area (Å²) in [7, 11) is 0. The number of aliphatic hydroxyl groups is 1. The molecule has 1 aliphatic heterocycles. The predicted octanol–water partition coefficient (Wildman–Crippen LogP) is 0.604. The van der Waals surface area contributed by atoms with Crippen LogP contribution in [0.15, 0.2) is 12.3 Å². The molecule has 1 aliphatic rings. The van der Waals surface area contributed by atoms with Crippen LogP contribution in [-0.4, -0.2) is 35.0 Å². The van der Waals surface area contributed by atoms with Crippen LogP contribution in [0.3, 0.4) is 0 Å². The maximum absolute atomic E-state index is 9.02. The Morgan fingerprint density at radius 3 is 3.14 bits per heavy atom. The zero-order valence-corrected chi connectivity index (χ0v) is 8.35. The van der Waals surface area contributed by atoms with E-state index in [1.165, 1.54) is 0 Å². The average Bonchev–Trinajstić information content (AvgIpc) is 2.66. The molecule has 0 radical (unpaired) electrons. The largest absolute Gasteiger partial charge is 0.396 e. The summed E-state index contributed by atoms with van der Waals surface area (Å²) >= 11 is 0. The fourth-order valence-corrected chi connectivity index (χ4v) is 1.79. The van der Waals surface area contributed by atoms with Crippen molar-refractivity contribution in [3.63, 3.8) is 0 Å². The first kappa shape index (κ1) is 9.40. The lowest BCUT2D eigenvalue weighted by atomic mass is 10.1. The number of aliphatic hydroxyl groups excluding tert-OH is 1. The second kappa shape index (κ2) is 3.92. The number of rotatable bonds is 2. The minimum absolute atomic E-state index is 0.274. The molecule has 0 aromatic carbocycles. The molecule has 1 N–H and O–H groups in total. The maximum atomic E-state index is 9.02. The average molecular weight is 193 g/mol. The molecule has 0 spiro atoms. The molecular weight excluding hydrogens is 178 g/mol. The van der Waals surface area contributed by atoms with Crippen LogP contribution >= 0.6 is 0 Å². The molecule has 0 bridgehead atoms. The summed E-state index contributed by atoms with van der Waals surface area (Å²) in [6.07, 6.45) is 2.80. The lowest BCUT2D eigenvalue weighted by molar-refractivity contribution is 0.238. The first-order valence-electron chi connectivity index (χ1n) is 4.94. The Bertz CT molecular complexity index is 316. The number of hydrogen-bond acceptors (Lipinski definition) is 4. The van der Waals surface area contributed by atoms with Gasteiger partial charge in [0, 0.05) is 25.6 Å². The Morgan fingerprint density at radius 1 is 1.64 bits per heavy atom. The van der Waals surface area contributed by atoms with Crippen molar-refractivity contribution >= 4 is 5.82 Å². The van der Waals surface area contributed by atoms with Gasteiger partial charge in [0.15, 0.2) is 5.82 Å². The number of nitrogens with zero attached hydrogens (tertiary/aromatic N) is 3. The van der Waals surface area contributed by atoms with Crippen molar-refractivity contribution in [2.45, 2.75) is 13.3 Å². The molecule has 14 heavy (non-hydrogen) atoms. The fourth-order valence-electron chi connectivity index (χ4n) is 1.79. The van der Waals surface area contributed by atoms with E-state index in [0.717, 1.165) is 30.9 Å². The van der Waals surface area contributed by atoms with E-state index in [1.54, 1.807) is 6.20 Å². The predicted molar refractivity (Wildman–Crippen MR) is 54.2 cm³/mol. The first-order valence-corrected chi connectivity index (χ1v) is 4.94. The van der Waals surface area contributed by atoms with E-state index in [2.05, 4.69) is 15.1 Å². The van der Waals surface area contributed by atoms with Gasteiger partial charge >= 0.3 is 0 Å². The smallest absolute Gasteiger partial charge is 0.151 e. The highest BCUT2D eigenvalue weighted by atomic mass is 16.3. The van der Waals surface area contributed by atoms with Crippen molar-refractivity contribution in [1.82, 2.24) is 10.2 Å². The third-order valence-corrected chi connectivity index (χ3v) is 2.65. The van der Waals surface area contributed by atoms with Crippen molar-refractivity contribution in [3.8, 4) is 0 Å². The molecule has 76 valence electrons. The molecule has 1 aromatic rings. The van der Waals surface area contributed by atoms with E-state index in [9.17, 15) is 0 Å². The van der Waals surface area contributed by atoms with Gasteiger partial charge in [-0.15, -0.1) is 5.10 Å². The standard InChI is InChI=1S/C10H15N3O/c1-8-4-10(12-11-5-8)13-3-2-9(6-13)7-14/h4-5,9,14H,2-3,6-7H2,1H3. The van der Waals surface area contributed by atoms with Gasteiger partial charge < -0.3 is 10.0 Å². The summed E-state index contributed by atoms with van der Waals surface area (Å²) in [5, 5.41) is 17.0. The van der Waals surface area contributed by atoms with Crippen LogP contribution in [0.2, 0.25) is 0 Å². The molecule has 4 heteroatoms. The van der Waals surface area contributed by atoms with Gasteiger partial charge in [0.25, 0.3) is 0 Å². The van der Waals surface area contributed by atoms with Crippen LogP contribution in [0, 0.1) is 12.8 Å². The van der Waals surface area contributed by atoms with E-state index in [4.69, 9.17) is 5.11 Å². The summed E-state index contributed by atoms with van der Waals surface area (Å²) in [6.45, 7) is 4.16. The van der Waals surface area contributed by atoms with Gasteiger partial charge in [0.05, 0.1) is 6.20 Å². The van der Waals surface area contributed by atoms with Gasteiger partial charge in [-0.1, -0.05) is 0 Å². The normalized spacial score (nSPS) is 21.6. The van der Waals surface area contributed by atoms with Gasteiger partial charge in [-0.05, 0) is 25.0 Å². The second-order valence-electron chi connectivity index (χ2n) is 3.87. The Kier molecular flexibility index (Phi) is 2.63. The van der Waals surface area contributed by atoms with Gasteiger partial charge in [0.2, 0.25) is 0 Å². The monoisotopic (exact) mass is 193 g/mol. The summed E-state index contributed by atoms with van der Waals surface area (Å²) in [5.41, 5.74) is 1.13. The van der Waals surface area contributed by atoms with E-state index >= 15 is 0 Å². The minimum atomic E-state index is 0.274. The molecule has 1 unspecified atom stereocenters. The lowest BCUT2D eigenvalue weighted by Crippen LogP contribution is -2.22. The summed E-state index contributed by atoms with van der Waals surface area (Å²) < 4.78 is 0. The molecule has 2 rings (SSSR count). The van der Waals surface area contributed by atoms with Crippen LogP contribution in [0.1, 0.15) is 12.0 Å². The molecular formula is C10H15N3O. The molecule has 1 fully saturated rings. The minimum Gasteiger partial charge on any atom is -0.396 e. The molecule has 1 saturated heterocycles. The second-order valence-corrected chi connectivity index (χ2v) is 3.87. The molecule has 0 aliphatic carbocycles. The zero-order chi connectivity index (χ0) is 9.97. The van der Waals surface area contributed by atoms with Gasteiger partial charge in [-0.2, -0.15) is 5.10 Å². The van der Waals surface area contributed by atoms with Crippen LogP contribution in [0.25, 0.3) is 0 Å². The van der Waals surface area contributed by atoms with Crippen LogP contribution < -0.4 is 4.90 Å². The van der Waals surface area contributed by atoms with Crippen LogP contribution in [0.4, 0.5) is 5.82 Å². The molecule has 0 saturated carbocycles. The van der Waals surface area contributed by atoms with Gasteiger partial charge in [-0.3, -0.25) is 0 Å². The maximum Gasteiger partial charge on any atom is 0.151 e. The van der Waals surface area contributed by atoms with E-state index in [0.29, 0.717) is 5.92 Å². The quantitative estimate of drug-likeness (QED) is 0.747. The topological polar surface area (TPSA) is 49.2 Å². The van der Waals surface area contributed by atoms with E-state index in [1.807, 2.05) is 13.0 Å². The molecule has 1 atom stereocenters. The van der Waals surface area contributed by atoms with Gasteiger partial charge in [-0.25, -0.2) is 0 Å². The number of anilines is 1. The lowest BCUT2D eigenvalue weighted by Gasteiger charge is -2.16. The zero-order valence-electron chi connectivity index (χ0n) is 8.35. The van der Waals surface area contributed by atoms with Crippen LogP contribution in [0.5, 0.6) is 0 Å². The highest BCUT2D eigenvalue weighted by molar-refractivity contribution is 5.40. The molecule has 1 aromatic heterocycles. The highest BCUT2D eigenvalue weighted by Gasteiger charge is 2.22. The number of aryl methyl sites for hydroxylation is 1. The Morgan fingerprint density at radius 2 is 2.50 bits per heavy atom. The summed E-state index contributed by atoms with van der Waals surface area (Å²) in [6, 6.07) is 2.03. The number of aromatic nitrogens is 2. The van der Waals surface area contributed by atoms with Crippen molar-refractivity contribution in [2.24, 2.45) is 5.92 Å². The van der Waals surface area contributed by atoms with Crippen molar-refractivity contribution in [3.05, 3.63) is 17.8 Å². The number of hydrogen-bond donors (Lipinski definition) is 1. The summed E-state index contributed by atoms with van der Waals surface area (Å²) in [4.78, 5) is 2.18.